The van der Waals surface area contributed by atoms with Crippen molar-refractivity contribution in [1.82, 2.24) is 25.0 Å². The number of rotatable bonds is 6. The molecule has 1 fully saturated rings. The number of pyridine rings is 1. The molecule has 2 aliphatic rings. The minimum Gasteiger partial charge on any atom is -0.369 e. The van der Waals surface area contributed by atoms with Gasteiger partial charge < -0.3 is 5.73 Å². The fourth-order valence-electron chi connectivity index (χ4n) is 6.56. The van der Waals surface area contributed by atoms with E-state index in [0.717, 1.165) is 41.1 Å². The molecule has 3 heterocycles. The van der Waals surface area contributed by atoms with Crippen LogP contribution in [0.25, 0.3) is 22.5 Å². The van der Waals surface area contributed by atoms with Gasteiger partial charge in [-0.05, 0) is 60.1 Å². The predicted molar refractivity (Wildman–Crippen MR) is 138 cm³/mol. The monoisotopic (exact) mass is 514 g/mol. The van der Waals surface area contributed by atoms with Crippen LogP contribution in [0.5, 0.6) is 0 Å². The molecule has 3 atom stereocenters. The van der Waals surface area contributed by atoms with Gasteiger partial charge in [0, 0.05) is 11.8 Å². The van der Waals surface area contributed by atoms with E-state index in [0.29, 0.717) is 6.54 Å². The van der Waals surface area contributed by atoms with Gasteiger partial charge in [0.05, 0.1) is 52.4 Å². The number of fused-ring (bicyclic) bond motifs is 5. The molecule has 0 spiro atoms. The van der Waals surface area contributed by atoms with Gasteiger partial charge in [-0.3, -0.25) is 14.5 Å². The molecule has 6 rings (SSSR count). The van der Waals surface area contributed by atoms with Crippen molar-refractivity contribution in [3.05, 3.63) is 83.4 Å². The molecule has 9 heteroatoms. The number of aromatic nitrogens is 5. The topological polar surface area (TPSA) is 99.6 Å². The molecule has 2 N–H and O–H groups in total. The zero-order valence-electron chi connectivity index (χ0n) is 21.4. The van der Waals surface area contributed by atoms with Crippen LogP contribution >= 0.6 is 0 Å². The number of hydrogen-bond acceptors (Lipinski definition) is 5. The van der Waals surface area contributed by atoms with Crippen molar-refractivity contribution in [2.45, 2.75) is 51.5 Å². The first-order chi connectivity index (χ1) is 18.1. The SMILES string of the molecule is C[C@H](Cn1cc(-c2cccc([C@@]34CC[C@@H](c5cc(-c6c(F)cccc6F)nnc53)C4(C)C)n2)cn1)C(N)=O. The van der Waals surface area contributed by atoms with Crippen molar-refractivity contribution >= 4 is 5.91 Å². The molecule has 2 aliphatic carbocycles. The highest BCUT2D eigenvalue weighted by Crippen LogP contribution is 2.69. The highest BCUT2D eigenvalue weighted by molar-refractivity contribution is 5.76. The lowest BCUT2D eigenvalue weighted by atomic mass is 9.66. The number of benzene rings is 1. The molecule has 0 radical (unpaired) electrons. The largest absolute Gasteiger partial charge is 0.369 e. The summed E-state index contributed by atoms with van der Waals surface area (Å²) in [6.45, 7) is 6.59. The number of nitrogens with two attached hydrogens (primary N) is 1. The Labute approximate surface area is 219 Å². The zero-order valence-corrected chi connectivity index (χ0v) is 21.4. The molecule has 0 aliphatic heterocycles. The summed E-state index contributed by atoms with van der Waals surface area (Å²) in [5.74, 6) is -1.87. The first kappa shape index (κ1) is 24.3. The average molecular weight is 515 g/mol. The highest BCUT2D eigenvalue weighted by Gasteiger charge is 2.65. The van der Waals surface area contributed by atoms with Crippen LogP contribution in [0, 0.1) is 23.0 Å². The van der Waals surface area contributed by atoms with Crippen LogP contribution in [0.2, 0.25) is 0 Å². The van der Waals surface area contributed by atoms with Gasteiger partial charge in [0.15, 0.2) is 0 Å². The van der Waals surface area contributed by atoms with E-state index in [2.05, 4.69) is 29.1 Å². The molecule has 194 valence electrons. The molecular weight excluding hydrogens is 486 g/mol. The summed E-state index contributed by atoms with van der Waals surface area (Å²) in [6.07, 6.45) is 5.37. The van der Waals surface area contributed by atoms with Crippen molar-refractivity contribution in [3.8, 4) is 22.5 Å². The first-order valence-corrected chi connectivity index (χ1v) is 12.8. The van der Waals surface area contributed by atoms with Gasteiger partial charge in [-0.15, -0.1) is 5.10 Å². The average Bonchev–Trinajstić information content (AvgIpc) is 3.51. The van der Waals surface area contributed by atoms with Crippen molar-refractivity contribution in [2.75, 3.05) is 0 Å². The number of nitrogens with zero attached hydrogens (tertiary/aromatic N) is 5. The molecule has 2 bridgehead atoms. The quantitative estimate of drug-likeness (QED) is 0.390. The van der Waals surface area contributed by atoms with Gasteiger partial charge in [-0.2, -0.15) is 10.2 Å². The summed E-state index contributed by atoms with van der Waals surface area (Å²) < 4.78 is 30.8. The Kier molecular flexibility index (Phi) is 5.45. The molecule has 0 unspecified atom stereocenters. The molecule has 0 saturated heterocycles. The van der Waals surface area contributed by atoms with Gasteiger partial charge in [0.25, 0.3) is 0 Å². The zero-order chi connectivity index (χ0) is 26.8. The minimum atomic E-state index is -0.656. The van der Waals surface area contributed by atoms with E-state index in [1.807, 2.05) is 30.5 Å². The Morgan fingerprint density at radius 2 is 1.87 bits per heavy atom. The number of carbonyl (C=O) groups is 1. The van der Waals surface area contributed by atoms with Gasteiger partial charge in [0.1, 0.15) is 11.6 Å². The van der Waals surface area contributed by atoms with Crippen LogP contribution in [-0.2, 0) is 16.8 Å². The molecule has 1 amide bonds. The standard InChI is InChI=1S/C29H28F2N6O/c1-16(27(32)38)14-37-15-17(13-33-37)22-8-5-9-24(34-22)29-11-10-19(28(29,2)3)18-12-23(35-36-26(18)29)25-20(30)6-4-7-21(25)31/h4-9,12-13,15-16,19H,10-11,14H2,1-3H3,(H2,32,38)/t16-,19+,29+/m1/s1. The Morgan fingerprint density at radius 3 is 2.61 bits per heavy atom. The van der Waals surface area contributed by atoms with E-state index in [1.54, 1.807) is 17.8 Å². The third-order valence-corrected chi connectivity index (χ3v) is 8.66. The van der Waals surface area contributed by atoms with Crippen molar-refractivity contribution < 1.29 is 13.6 Å². The van der Waals surface area contributed by atoms with E-state index in [4.69, 9.17) is 10.7 Å². The lowest BCUT2D eigenvalue weighted by Gasteiger charge is -2.37. The van der Waals surface area contributed by atoms with Crippen LogP contribution in [0.1, 0.15) is 56.5 Å². The summed E-state index contributed by atoms with van der Waals surface area (Å²) in [6, 6.07) is 11.6. The maximum atomic E-state index is 14.5. The van der Waals surface area contributed by atoms with Crippen LogP contribution < -0.4 is 5.73 Å². The smallest absolute Gasteiger partial charge is 0.222 e. The van der Waals surface area contributed by atoms with Crippen LogP contribution in [0.4, 0.5) is 8.78 Å². The van der Waals surface area contributed by atoms with Crippen molar-refractivity contribution in [3.63, 3.8) is 0 Å². The minimum absolute atomic E-state index is 0.153. The molecule has 3 aromatic heterocycles. The first-order valence-electron chi connectivity index (χ1n) is 12.8. The maximum absolute atomic E-state index is 14.5. The fourth-order valence-corrected chi connectivity index (χ4v) is 6.56. The Bertz CT molecular complexity index is 1560. The number of primary amides is 1. The Hall–Kier alpha value is -4.01. The maximum Gasteiger partial charge on any atom is 0.222 e. The molecule has 1 saturated carbocycles. The van der Waals surface area contributed by atoms with Crippen molar-refractivity contribution in [2.24, 2.45) is 17.1 Å². The van der Waals surface area contributed by atoms with Crippen LogP contribution in [0.15, 0.2) is 54.9 Å². The molecule has 7 nitrogen and oxygen atoms in total. The fraction of sp³-hybridized carbons (Fsp3) is 0.345. The molecule has 1 aromatic carbocycles. The van der Waals surface area contributed by atoms with Gasteiger partial charge >= 0.3 is 0 Å². The molecule has 38 heavy (non-hydrogen) atoms. The third-order valence-electron chi connectivity index (χ3n) is 8.66. The van der Waals surface area contributed by atoms with E-state index in [9.17, 15) is 13.6 Å². The molecular formula is C29H28F2N6O. The summed E-state index contributed by atoms with van der Waals surface area (Å²) in [4.78, 5) is 16.6. The second-order valence-electron chi connectivity index (χ2n) is 11.0. The Balaban J connectivity index is 1.42. The summed E-state index contributed by atoms with van der Waals surface area (Å²) in [5.41, 5.74) is 9.04. The number of hydrogen-bond donors (Lipinski definition) is 1. The van der Waals surface area contributed by atoms with Crippen LogP contribution in [-0.4, -0.2) is 30.9 Å². The van der Waals surface area contributed by atoms with E-state index >= 15 is 0 Å². The Morgan fingerprint density at radius 1 is 1.13 bits per heavy atom. The normalized spacial score (nSPS) is 21.9. The third kappa shape index (κ3) is 3.40. The van der Waals surface area contributed by atoms with Gasteiger partial charge in [0.2, 0.25) is 5.91 Å². The lowest BCUT2D eigenvalue weighted by Crippen LogP contribution is -2.37. The van der Waals surface area contributed by atoms with Gasteiger partial charge in [-0.25, -0.2) is 8.78 Å². The number of halogens is 2. The summed E-state index contributed by atoms with van der Waals surface area (Å²) >= 11 is 0. The summed E-state index contributed by atoms with van der Waals surface area (Å²) in [5, 5.41) is 13.3. The number of amides is 1. The van der Waals surface area contributed by atoms with Crippen LogP contribution in [0.3, 0.4) is 0 Å². The second kappa shape index (κ2) is 8.51. The number of carbonyl (C=O) groups excluding carboxylic acids is 1. The van der Waals surface area contributed by atoms with Gasteiger partial charge in [-0.1, -0.05) is 32.9 Å². The highest BCUT2D eigenvalue weighted by atomic mass is 19.1. The van der Waals surface area contributed by atoms with E-state index in [1.165, 1.54) is 18.2 Å². The van der Waals surface area contributed by atoms with Crippen molar-refractivity contribution in [1.29, 1.82) is 0 Å². The molecule has 4 aromatic rings. The second-order valence-corrected chi connectivity index (χ2v) is 11.0. The van der Waals surface area contributed by atoms with E-state index in [-0.39, 0.29) is 34.4 Å². The summed E-state index contributed by atoms with van der Waals surface area (Å²) in [7, 11) is 0. The predicted octanol–water partition coefficient (Wildman–Crippen LogP) is 5.01. The van der Waals surface area contributed by atoms with E-state index < -0.39 is 17.0 Å². The lowest BCUT2D eigenvalue weighted by molar-refractivity contribution is -0.121.